The zero-order valence-corrected chi connectivity index (χ0v) is 30.8. The molecular weight excluding hydrogens is 562 g/mol. The quantitative estimate of drug-likeness (QED) is 0.0558. The highest BCUT2D eigenvalue weighted by atomic mass is 16.5. The molecule has 6 heteroatoms. The van der Waals surface area contributed by atoms with Crippen molar-refractivity contribution in [2.24, 2.45) is 11.3 Å². The SMILES string of the molecule is CCCCCCCCCOC(=O)C(C)(C)CCCCCCN(CCO)CCCCCCCC(=O)OCCCCCCCC(C)C. The minimum absolute atomic E-state index is 0.0359. The summed E-state index contributed by atoms with van der Waals surface area (Å²) in [6.45, 7) is 15.0. The minimum atomic E-state index is -0.406. The first kappa shape index (κ1) is 43.9. The van der Waals surface area contributed by atoms with Crippen LogP contribution in [-0.2, 0) is 19.1 Å². The number of unbranched alkanes of at least 4 members (excludes halogenated alkanes) is 17. The number of nitrogens with zero attached hydrogens (tertiary/aromatic N) is 1. The van der Waals surface area contributed by atoms with Crippen LogP contribution in [0.4, 0.5) is 0 Å². The number of esters is 2. The van der Waals surface area contributed by atoms with Crippen molar-refractivity contribution in [1.29, 1.82) is 0 Å². The van der Waals surface area contributed by atoms with Gasteiger partial charge in [-0.15, -0.1) is 0 Å². The molecule has 0 aliphatic carbocycles. The molecule has 0 fully saturated rings. The summed E-state index contributed by atoms with van der Waals surface area (Å²) in [7, 11) is 0. The fourth-order valence-electron chi connectivity index (χ4n) is 5.83. The first-order valence-electron chi connectivity index (χ1n) is 19.4. The largest absolute Gasteiger partial charge is 0.466 e. The molecule has 45 heavy (non-hydrogen) atoms. The van der Waals surface area contributed by atoms with Crippen LogP contribution in [0.5, 0.6) is 0 Å². The number of hydrogen-bond acceptors (Lipinski definition) is 6. The number of ether oxygens (including phenoxy) is 2. The van der Waals surface area contributed by atoms with Crippen molar-refractivity contribution in [3.63, 3.8) is 0 Å². The van der Waals surface area contributed by atoms with Gasteiger partial charge in [0.15, 0.2) is 0 Å². The molecular formula is C39H77NO5. The molecule has 0 saturated carbocycles. The summed E-state index contributed by atoms with van der Waals surface area (Å²) in [5, 5.41) is 9.49. The molecule has 0 aliphatic rings. The maximum absolute atomic E-state index is 12.6. The Labute approximate surface area is 280 Å². The average molecular weight is 640 g/mol. The lowest BCUT2D eigenvalue weighted by Gasteiger charge is -2.23. The molecule has 0 atom stereocenters. The second kappa shape index (κ2) is 31.5. The molecule has 0 aromatic heterocycles. The van der Waals surface area contributed by atoms with E-state index in [1.54, 1.807) is 0 Å². The normalized spacial score (nSPS) is 11.9. The molecule has 0 aromatic carbocycles. The van der Waals surface area contributed by atoms with Gasteiger partial charge in [0.1, 0.15) is 0 Å². The highest BCUT2D eigenvalue weighted by molar-refractivity contribution is 5.75. The highest BCUT2D eigenvalue weighted by Gasteiger charge is 2.28. The lowest BCUT2D eigenvalue weighted by atomic mass is 9.87. The summed E-state index contributed by atoms with van der Waals surface area (Å²) in [6.07, 6.45) is 27.2. The fraction of sp³-hybridized carbons (Fsp3) is 0.949. The van der Waals surface area contributed by atoms with E-state index in [1.165, 1.54) is 57.8 Å². The molecule has 1 N–H and O–H groups in total. The van der Waals surface area contributed by atoms with Crippen LogP contribution >= 0.6 is 0 Å². The highest BCUT2D eigenvalue weighted by Crippen LogP contribution is 2.26. The molecule has 0 spiro atoms. The average Bonchev–Trinajstić information content (AvgIpc) is 3.00. The van der Waals surface area contributed by atoms with Crippen LogP contribution in [0.15, 0.2) is 0 Å². The number of hydrogen-bond donors (Lipinski definition) is 1. The monoisotopic (exact) mass is 640 g/mol. The van der Waals surface area contributed by atoms with E-state index in [0.29, 0.717) is 19.6 Å². The second-order valence-corrected chi connectivity index (χ2v) is 14.6. The number of aliphatic hydroxyl groups excluding tert-OH is 1. The van der Waals surface area contributed by atoms with Gasteiger partial charge in [-0.3, -0.25) is 9.59 Å². The van der Waals surface area contributed by atoms with Gasteiger partial charge in [0.05, 0.1) is 25.2 Å². The zero-order chi connectivity index (χ0) is 33.4. The van der Waals surface area contributed by atoms with Crippen LogP contribution in [0.1, 0.15) is 189 Å². The van der Waals surface area contributed by atoms with Gasteiger partial charge in [-0.05, 0) is 71.4 Å². The lowest BCUT2D eigenvalue weighted by Crippen LogP contribution is -2.29. The topological polar surface area (TPSA) is 76.1 Å². The summed E-state index contributed by atoms with van der Waals surface area (Å²) in [6, 6.07) is 0. The molecule has 0 saturated heterocycles. The third-order valence-corrected chi connectivity index (χ3v) is 9.02. The van der Waals surface area contributed by atoms with Crippen LogP contribution in [0.25, 0.3) is 0 Å². The third-order valence-electron chi connectivity index (χ3n) is 9.02. The Morgan fingerprint density at radius 1 is 0.622 bits per heavy atom. The molecule has 0 bridgehead atoms. The Hall–Kier alpha value is -1.14. The third kappa shape index (κ3) is 30.0. The summed E-state index contributed by atoms with van der Waals surface area (Å²) in [4.78, 5) is 26.9. The lowest BCUT2D eigenvalue weighted by molar-refractivity contribution is -0.154. The summed E-state index contributed by atoms with van der Waals surface area (Å²) in [5.41, 5.74) is -0.406. The van der Waals surface area contributed by atoms with Crippen LogP contribution in [-0.4, -0.2) is 61.4 Å². The smallest absolute Gasteiger partial charge is 0.311 e. The number of carbonyl (C=O) groups excluding carboxylic acids is 2. The van der Waals surface area contributed by atoms with Crippen LogP contribution in [0.3, 0.4) is 0 Å². The van der Waals surface area contributed by atoms with Gasteiger partial charge in [0.25, 0.3) is 0 Å². The molecule has 0 aromatic rings. The van der Waals surface area contributed by atoms with E-state index >= 15 is 0 Å². The fourth-order valence-corrected chi connectivity index (χ4v) is 5.83. The number of carbonyl (C=O) groups is 2. The second-order valence-electron chi connectivity index (χ2n) is 14.6. The molecule has 0 radical (unpaired) electrons. The molecule has 0 heterocycles. The molecule has 0 unspecified atom stereocenters. The summed E-state index contributed by atoms with van der Waals surface area (Å²) < 4.78 is 11.0. The molecule has 0 rings (SSSR count). The summed E-state index contributed by atoms with van der Waals surface area (Å²) >= 11 is 0. The first-order valence-corrected chi connectivity index (χ1v) is 19.4. The Morgan fingerprint density at radius 2 is 1.11 bits per heavy atom. The van der Waals surface area contributed by atoms with E-state index in [1.807, 2.05) is 13.8 Å². The molecule has 268 valence electrons. The van der Waals surface area contributed by atoms with Gasteiger partial charge in [-0.25, -0.2) is 0 Å². The first-order chi connectivity index (χ1) is 21.7. The standard InChI is InChI=1S/C39H77NO5/c1-6-7-8-9-10-18-26-35-45-38(43)39(4,5)29-22-15-17-24-31-40(32-33-41)30-23-16-11-14-21-28-37(42)44-34-25-19-12-13-20-27-36(2)3/h36,41H,6-35H2,1-5H3. The molecule has 0 amide bonds. The van der Waals surface area contributed by atoms with Crippen molar-refractivity contribution in [2.75, 3.05) is 39.5 Å². The van der Waals surface area contributed by atoms with Crippen LogP contribution in [0, 0.1) is 11.3 Å². The predicted molar refractivity (Wildman–Crippen MR) is 191 cm³/mol. The van der Waals surface area contributed by atoms with E-state index in [2.05, 4.69) is 25.7 Å². The zero-order valence-electron chi connectivity index (χ0n) is 30.8. The van der Waals surface area contributed by atoms with E-state index in [0.717, 1.165) is 115 Å². The van der Waals surface area contributed by atoms with Crippen LogP contribution < -0.4 is 0 Å². The predicted octanol–water partition coefficient (Wildman–Crippen LogP) is 10.4. The van der Waals surface area contributed by atoms with Gasteiger partial charge in [0.2, 0.25) is 0 Å². The molecule has 6 nitrogen and oxygen atoms in total. The maximum Gasteiger partial charge on any atom is 0.311 e. The van der Waals surface area contributed by atoms with Gasteiger partial charge in [0, 0.05) is 13.0 Å². The Kier molecular flexibility index (Phi) is 30.7. The van der Waals surface area contributed by atoms with Gasteiger partial charge in [-0.1, -0.05) is 130 Å². The van der Waals surface area contributed by atoms with Crippen molar-refractivity contribution in [3.05, 3.63) is 0 Å². The van der Waals surface area contributed by atoms with Gasteiger partial charge < -0.3 is 19.5 Å². The van der Waals surface area contributed by atoms with Gasteiger partial charge in [-0.2, -0.15) is 0 Å². The van der Waals surface area contributed by atoms with E-state index in [-0.39, 0.29) is 18.5 Å². The molecule has 0 aliphatic heterocycles. The van der Waals surface area contributed by atoms with Crippen molar-refractivity contribution in [2.45, 2.75) is 189 Å². The van der Waals surface area contributed by atoms with Gasteiger partial charge >= 0.3 is 11.9 Å². The Morgan fingerprint density at radius 3 is 1.69 bits per heavy atom. The van der Waals surface area contributed by atoms with Crippen molar-refractivity contribution in [3.8, 4) is 0 Å². The number of rotatable bonds is 34. The van der Waals surface area contributed by atoms with Crippen LogP contribution in [0.2, 0.25) is 0 Å². The Bertz CT molecular complexity index is 666. The van der Waals surface area contributed by atoms with E-state index in [9.17, 15) is 14.7 Å². The Balaban J connectivity index is 3.75. The summed E-state index contributed by atoms with van der Waals surface area (Å²) in [5.74, 6) is 0.717. The maximum atomic E-state index is 12.6. The van der Waals surface area contributed by atoms with E-state index in [4.69, 9.17) is 9.47 Å². The minimum Gasteiger partial charge on any atom is -0.466 e. The number of aliphatic hydroxyl groups is 1. The van der Waals surface area contributed by atoms with Crippen molar-refractivity contribution in [1.82, 2.24) is 4.90 Å². The van der Waals surface area contributed by atoms with Crippen molar-refractivity contribution < 1.29 is 24.2 Å². The van der Waals surface area contributed by atoms with Crippen molar-refractivity contribution >= 4 is 11.9 Å². The van der Waals surface area contributed by atoms with E-state index < -0.39 is 5.41 Å².